The van der Waals surface area contributed by atoms with E-state index in [4.69, 9.17) is 14.2 Å². The maximum atomic E-state index is 12.9. The highest BCUT2D eigenvalue weighted by molar-refractivity contribution is 5.94. The third-order valence-corrected chi connectivity index (χ3v) is 6.13. The van der Waals surface area contributed by atoms with Crippen LogP contribution in [-0.4, -0.2) is 71.7 Å². The number of esters is 1. The summed E-state index contributed by atoms with van der Waals surface area (Å²) >= 11 is 0. The Hall–Kier alpha value is -2.71. The van der Waals surface area contributed by atoms with Crippen molar-refractivity contribution in [3.05, 3.63) is 47.3 Å². The van der Waals surface area contributed by atoms with Crippen molar-refractivity contribution < 1.29 is 23.8 Å². The Kier molecular flexibility index (Phi) is 7.22. The lowest BCUT2D eigenvalue weighted by molar-refractivity contribution is -0.0395. The lowest BCUT2D eigenvalue weighted by Crippen LogP contribution is -2.41. The van der Waals surface area contributed by atoms with E-state index in [9.17, 15) is 9.59 Å². The van der Waals surface area contributed by atoms with Crippen LogP contribution in [0.1, 0.15) is 59.0 Å². The van der Waals surface area contributed by atoms with Crippen molar-refractivity contribution >= 4 is 11.9 Å². The second kappa shape index (κ2) is 10.3. The van der Waals surface area contributed by atoms with E-state index in [0.29, 0.717) is 43.1 Å². The van der Waals surface area contributed by atoms with Crippen LogP contribution in [0.3, 0.4) is 0 Å². The fourth-order valence-electron chi connectivity index (χ4n) is 4.25. The van der Waals surface area contributed by atoms with Crippen LogP contribution in [0.4, 0.5) is 0 Å². The van der Waals surface area contributed by atoms with Gasteiger partial charge in [0.05, 0.1) is 43.0 Å². The van der Waals surface area contributed by atoms with Crippen molar-refractivity contribution in [3.63, 3.8) is 0 Å². The number of rotatable bonds is 7. The molecule has 172 valence electrons. The number of benzene rings is 1. The van der Waals surface area contributed by atoms with Crippen molar-refractivity contribution in [2.45, 2.75) is 51.7 Å². The molecule has 2 aliphatic heterocycles. The third kappa shape index (κ3) is 5.02. The van der Waals surface area contributed by atoms with Crippen molar-refractivity contribution in [3.8, 4) is 5.69 Å². The van der Waals surface area contributed by atoms with Gasteiger partial charge in [0.1, 0.15) is 5.56 Å². The van der Waals surface area contributed by atoms with E-state index in [-0.39, 0.29) is 24.1 Å². The van der Waals surface area contributed by atoms with Gasteiger partial charge in [0, 0.05) is 25.3 Å². The fraction of sp³-hybridized carbons (Fsp3) is 0.542. The molecule has 1 atom stereocenters. The number of piperidine rings is 1. The molecule has 0 saturated carbocycles. The average Bonchev–Trinajstić information content (AvgIpc) is 3.47. The summed E-state index contributed by atoms with van der Waals surface area (Å²) in [6.45, 7) is 6.79. The molecule has 8 nitrogen and oxygen atoms in total. The predicted molar refractivity (Wildman–Crippen MR) is 118 cm³/mol. The van der Waals surface area contributed by atoms with Gasteiger partial charge < -0.3 is 19.1 Å². The molecule has 1 unspecified atom stereocenters. The van der Waals surface area contributed by atoms with E-state index in [2.05, 4.69) is 5.10 Å². The fourth-order valence-corrected chi connectivity index (χ4v) is 4.25. The number of hydrogen-bond acceptors (Lipinski definition) is 6. The molecule has 0 aliphatic carbocycles. The molecule has 32 heavy (non-hydrogen) atoms. The minimum absolute atomic E-state index is 0.0264. The van der Waals surface area contributed by atoms with Gasteiger partial charge in [-0.15, -0.1) is 0 Å². The minimum atomic E-state index is -0.383. The molecule has 0 radical (unpaired) electrons. The first kappa shape index (κ1) is 22.5. The zero-order valence-corrected chi connectivity index (χ0v) is 18.8. The minimum Gasteiger partial charge on any atom is -0.462 e. The molecule has 8 heteroatoms. The lowest BCUT2D eigenvalue weighted by Gasteiger charge is -2.32. The Bertz CT molecular complexity index is 926. The zero-order chi connectivity index (χ0) is 22.5. The van der Waals surface area contributed by atoms with Crippen LogP contribution in [0.5, 0.6) is 0 Å². The molecule has 3 heterocycles. The topological polar surface area (TPSA) is 82.9 Å². The van der Waals surface area contributed by atoms with Gasteiger partial charge in [0.15, 0.2) is 0 Å². The molecule has 4 rings (SSSR count). The molecule has 2 aliphatic rings. The molecule has 1 aromatic carbocycles. The van der Waals surface area contributed by atoms with Gasteiger partial charge in [-0.1, -0.05) is 0 Å². The lowest BCUT2D eigenvalue weighted by atomic mass is 10.1. The van der Waals surface area contributed by atoms with Gasteiger partial charge in [0.25, 0.3) is 5.91 Å². The summed E-state index contributed by atoms with van der Waals surface area (Å²) in [4.78, 5) is 26.8. The number of aromatic nitrogens is 2. The van der Waals surface area contributed by atoms with Gasteiger partial charge in [-0.2, -0.15) is 5.10 Å². The highest BCUT2D eigenvalue weighted by Crippen LogP contribution is 2.20. The molecular weight excluding hydrogens is 410 g/mol. The summed E-state index contributed by atoms with van der Waals surface area (Å²) < 4.78 is 18.4. The maximum absolute atomic E-state index is 12.9. The average molecular weight is 442 g/mol. The first-order chi connectivity index (χ1) is 15.6. The summed E-state index contributed by atoms with van der Waals surface area (Å²) in [7, 11) is 0. The normalized spacial score (nSPS) is 19.3. The number of hydrogen-bond donors (Lipinski definition) is 0. The Labute approximate surface area is 188 Å². The summed E-state index contributed by atoms with van der Waals surface area (Å²) in [5.41, 5.74) is 2.57. The Balaban J connectivity index is 1.32. The molecule has 0 N–H and O–H groups in total. The van der Waals surface area contributed by atoms with Gasteiger partial charge >= 0.3 is 5.97 Å². The highest BCUT2D eigenvalue weighted by atomic mass is 16.5. The predicted octanol–water partition coefficient (Wildman–Crippen LogP) is 3.16. The van der Waals surface area contributed by atoms with E-state index < -0.39 is 0 Å². The molecule has 2 fully saturated rings. The molecule has 1 amide bonds. The van der Waals surface area contributed by atoms with Crippen LogP contribution in [0, 0.1) is 6.92 Å². The van der Waals surface area contributed by atoms with Gasteiger partial charge in [-0.05, 0) is 63.8 Å². The SMILES string of the molecule is CCOC(=O)c1cnn(-c2ccc(C(=O)N3CCC(OCC4CCCO4)CC3)cc2)c1C. The number of carbonyl (C=O) groups is 2. The highest BCUT2D eigenvalue weighted by Gasteiger charge is 2.26. The van der Waals surface area contributed by atoms with Crippen molar-refractivity contribution in [1.29, 1.82) is 0 Å². The number of likely N-dealkylation sites (tertiary alicyclic amines) is 1. The molecule has 2 saturated heterocycles. The van der Waals surface area contributed by atoms with Crippen LogP contribution in [0.15, 0.2) is 30.5 Å². The number of ether oxygens (including phenoxy) is 3. The number of nitrogens with zero attached hydrogens (tertiary/aromatic N) is 3. The standard InChI is InChI=1S/C24H31N3O5/c1-3-30-24(29)22-15-25-27(17(22)2)19-8-6-18(7-9-19)23(28)26-12-10-20(11-13-26)32-16-21-5-4-14-31-21/h6-9,15,20-21H,3-5,10-14,16H2,1-2H3. The number of carbonyl (C=O) groups excluding carboxylic acids is 2. The second-order valence-corrected chi connectivity index (χ2v) is 8.28. The van der Waals surface area contributed by atoms with E-state index in [1.165, 1.54) is 6.20 Å². The quantitative estimate of drug-likeness (QED) is 0.614. The van der Waals surface area contributed by atoms with E-state index >= 15 is 0 Å². The van der Waals surface area contributed by atoms with Gasteiger partial charge in [0.2, 0.25) is 0 Å². The van der Waals surface area contributed by atoms with Gasteiger partial charge in [-0.3, -0.25) is 4.79 Å². The van der Waals surface area contributed by atoms with Crippen LogP contribution in [0.25, 0.3) is 5.69 Å². The molecule has 2 aromatic rings. The molecule has 0 spiro atoms. The Morgan fingerprint density at radius 2 is 1.91 bits per heavy atom. The van der Waals surface area contributed by atoms with E-state index in [0.717, 1.165) is 38.0 Å². The van der Waals surface area contributed by atoms with Gasteiger partial charge in [-0.25, -0.2) is 9.48 Å². The van der Waals surface area contributed by atoms with Crippen LogP contribution in [0.2, 0.25) is 0 Å². The Morgan fingerprint density at radius 3 is 2.56 bits per heavy atom. The first-order valence-electron chi connectivity index (χ1n) is 11.4. The third-order valence-electron chi connectivity index (χ3n) is 6.13. The number of amides is 1. The summed E-state index contributed by atoms with van der Waals surface area (Å²) in [5.74, 6) is -0.357. The summed E-state index contributed by atoms with van der Waals surface area (Å²) in [6.07, 6.45) is 5.83. The zero-order valence-electron chi connectivity index (χ0n) is 18.8. The summed E-state index contributed by atoms with van der Waals surface area (Å²) in [6, 6.07) is 7.31. The van der Waals surface area contributed by atoms with Crippen LogP contribution < -0.4 is 0 Å². The molecule has 0 bridgehead atoms. The summed E-state index contributed by atoms with van der Waals surface area (Å²) in [5, 5.41) is 4.31. The second-order valence-electron chi connectivity index (χ2n) is 8.28. The monoisotopic (exact) mass is 441 g/mol. The van der Waals surface area contributed by atoms with Crippen LogP contribution >= 0.6 is 0 Å². The maximum Gasteiger partial charge on any atom is 0.341 e. The molecular formula is C24H31N3O5. The van der Waals surface area contributed by atoms with Crippen molar-refractivity contribution in [1.82, 2.24) is 14.7 Å². The van der Waals surface area contributed by atoms with Crippen LogP contribution in [-0.2, 0) is 14.2 Å². The largest absolute Gasteiger partial charge is 0.462 e. The van der Waals surface area contributed by atoms with Crippen molar-refractivity contribution in [2.75, 3.05) is 32.9 Å². The first-order valence-corrected chi connectivity index (χ1v) is 11.4. The van der Waals surface area contributed by atoms with E-state index in [1.807, 2.05) is 36.1 Å². The Morgan fingerprint density at radius 1 is 1.16 bits per heavy atom. The smallest absolute Gasteiger partial charge is 0.341 e. The van der Waals surface area contributed by atoms with Crippen molar-refractivity contribution in [2.24, 2.45) is 0 Å². The molecule has 1 aromatic heterocycles. The van der Waals surface area contributed by atoms with E-state index in [1.54, 1.807) is 11.6 Å².